The van der Waals surface area contributed by atoms with Crippen LogP contribution in [0.25, 0.3) is 11.1 Å². The normalized spacial score (nSPS) is 20.0. The lowest BCUT2D eigenvalue weighted by molar-refractivity contribution is 0.252. The van der Waals surface area contributed by atoms with E-state index in [4.69, 9.17) is 0 Å². The highest BCUT2D eigenvalue weighted by Crippen LogP contribution is 2.34. The molecule has 0 nitrogen and oxygen atoms in total. The van der Waals surface area contributed by atoms with E-state index in [1.165, 1.54) is 63.6 Å². The highest BCUT2D eigenvalue weighted by Gasteiger charge is 2.21. The molecule has 0 unspecified atom stereocenters. The third-order valence-electron chi connectivity index (χ3n) is 6.12. The van der Waals surface area contributed by atoms with Crippen molar-refractivity contribution in [3.63, 3.8) is 0 Å². The van der Waals surface area contributed by atoms with Crippen LogP contribution in [0.1, 0.15) is 63.0 Å². The first-order valence-electron chi connectivity index (χ1n) is 10.2. The summed E-state index contributed by atoms with van der Waals surface area (Å²) in [4.78, 5) is 0. The summed E-state index contributed by atoms with van der Waals surface area (Å²) >= 11 is 0. The van der Waals surface area contributed by atoms with Crippen LogP contribution in [-0.4, -0.2) is 0 Å². The Bertz CT molecular complexity index is 773. The average molecular weight is 374 g/mol. The summed E-state index contributed by atoms with van der Waals surface area (Å²) in [5.74, 6) is -0.540. The lowest BCUT2D eigenvalue weighted by atomic mass is 9.78. The largest absolute Gasteiger partial charge is 0.207 e. The number of hydrogen-bond donors (Lipinski definition) is 0. The predicted octanol–water partition coefficient (Wildman–Crippen LogP) is 7.62. The molecule has 0 bridgehead atoms. The first kappa shape index (κ1) is 20.0. The summed E-state index contributed by atoms with van der Waals surface area (Å²) in [6, 6.07) is 7.79. The molecule has 3 rings (SSSR count). The molecule has 2 aromatic carbocycles. The van der Waals surface area contributed by atoms with E-state index in [0.717, 1.165) is 12.3 Å². The highest BCUT2D eigenvalue weighted by atomic mass is 19.2. The maximum Gasteiger partial charge on any atom is 0.166 e. The van der Waals surface area contributed by atoms with Crippen LogP contribution >= 0.6 is 0 Å². The van der Waals surface area contributed by atoms with Crippen molar-refractivity contribution >= 4 is 0 Å². The molecule has 1 aliphatic rings. The Hall–Kier alpha value is -1.77. The van der Waals surface area contributed by atoms with Gasteiger partial charge in [0.05, 0.1) is 0 Å². The molecule has 0 aliphatic heterocycles. The first-order chi connectivity index (χ1) is 13.0. The zero-order chi connectivity index (χ0) is 19.4. The summed E-state index contributed by atoms with van der Waals surface area (Å²) in [5.41, 5.74) is 1.41. The topological polar surface area (TPSA) is 0 Å². The van der Waals surface area contributed by atoms with Crippen LogP contribution in [0, 0.1) is 36.2 Å². The standard InChI is InChI=1S/C24H29F3/c1-3-4-17-6-8-18(9-7-17)10-11-19-12-13-20(15-22(19)25)21-14-5-16(2)23(26)24(21)27/h5,12-15,17-18H,3-4,6-11H2,1-2H3. The lowest BCUT2D eigenvalue weighted by Gasteiger charge is -2.28. The second kappa shape index (κ2) is 8.95. The molecule has 0 aromatic heterocycles. The molecule has 0 N–H and O–H groups in total. The Kier molecular flexibility index (Phi) is 6.62. The maximum atomic E-state index is 14.5. The molecule has 1 fully saturated rings. The molecule has 0 heterocycles. The predicted molar refractivity (Wildman–Crippen MR) is 105 cm³/mol. The van der Waals surface area contributed by atoms with Gasteiger partial charge in [0.1, 0.15) is 5.82 Å². The van der Waals surface area contributed by atoms with Crippen molar-refractivity contribution < 1.29 is 13.2 Å². The Balaban J connectivity index is 1.63. The van der Waals surface area contributed by atoms with Crippen LogP contribution in [0.3, 0.4) is 0 Å². The van der Waals surface area contributed by atoms with E-state index in [1.807, 2.05) is 0 Å². The molecule has 0 radical (unpaired) electrons. The minimum absolute atomic E-state index is 0.109. The van der Waals surface area contributed by atoms with E-state index in [9.17, 15) is 13.2 Å². The lowest BCUT2D eigenvalue weighted by Crippen LogP contribution is -2.15. The van der Waals surface area contributed by atoms with Gasteiger partial charge in [0.15, 0.2) is 11.6 Å². The van der Waals surface area contributed by atoms with Gasteiger partial charge in [0.2, 0.25) is 0 Å². The van der Waals surface area contributed by atoms with Crippen LogP contribution in [0.2, 0.25) is 0 Å². The number of benzene rings is 2. The Morgan fingerprint density at radius 3 is 2.15 bits per heavy atom. The van der Waals surface area contributed by atoms with Gasteiger partial charge in [-0.05, 0) is 54.4 Å². The van der Waals surface area contributed by atoms with Crippen LogP contribution < -0.4 is 0 Å². The third kappa shape index (κ3) is 4.75. The fourth-order valence-corrected chi connectivity index (χ4v) is 4.36. The minimum Gasteiger partial charge on any atom is -0.207 e. The van der Waals surface area contributed by atoms with Crippen molar-refractivity contribution in [3.05, 3.63) is 58.9 Å². The van der Waals surface area contributed by atoms with Gasteiger partial charge in [-0.2, -0.15) is 0 Å². The molecule has 0 amide bonds. The fourth-order valence-electron chi connectivity index (χ4n) is 4.36. The van der Waals surface area contributed by atoms with Crippen LogP contribution in [-0.2, 0) is 6.42 Å². The van der Waals surface area contributed by atoms with E-state index >= 15 is 0 Å². The summed E-state index contributed by atoms with van der Waals surface area (Å²) in [6.45, 7) is 3.76. The van der Waals surface area contributed by atoms with E-state index in [1.54, 1.807) is 12.1 Å². The Labute approximate surface area is 160 Å². The molecule has 27 heavy (non-hydrogen) atoms. The molecular formula is C24H29F3. The van der Waals surface area contributed by atoms with E-state index in [-0.39, 0.29) is 16.9 Å². The van der Waals surface area contributed by atoms with Crippen molar-refractivity contribution in [2.45, 2.75) is 65.2 Å². The van der Waals surface area contributed by atoms with Gasteiger partial charge in [-0.3, -0.25) is 0 Å². The molecule has 2 aromatic rings. The van der Waals surface area contributed by atoms with E-state index in [0.29, 0.717) is 23.5 Å². The second-order valence-corrected chi connectivity index (χ2v) is 8.08. The zero-order valence-electron chi connectivity index (χ0n) is 16.3. The quantitative estimate of drug-likeness (QED) is 0.488. The van der Waals surface area contributed by atoms with Gasteiger partial charge in [-0.25, -0.2) is 13.2 Å². The van der Waals surface area contributed by atoms with Crippen LogP contribution in [0.15, 0.2) is 30.3 Å². The molecule has 146 valence electrons. The van der Waals surface area contributed by atoms with Crippen LogP contribution in [0.5, 0.6) is 0 Å². The summed E-state index contributed by atoms with van der Waals surface area (Å²) < 4.78 is 42.5. The molecule has 1 aliphatic carbocycles. The summed E-state index contributed by atoms with van der Waals surface area (Å²) in [6.07, 6.45) is 9.41. The number of rotatable bonds is 6. The molecule has 0 saturated heterocycles. The van der Waals surface area contributed by atoms with Gasteiger partial charge in [0, 0.05) is 5.56 Å². The molecule has 0 atom stereocenters. The van der Waals surface area contributed by atoms with Crippen LogP contribution in [0.4, 0.5) is 13.2 Å². The number of hydrogen-bond acceptors (Lipinski definition) is 0. The maximum absolute atomic E-state index is 14.5. The van der Waals surface area contributed by atoms with Crippen molar-refractivity contribution in [2.75, 3.05) is 0 Å². The third-order valence-corrected chi connectivity index (χ3v) is 6.12. The second-order valence-electron chi connectivity index (χ2n) is 8.08. The molecule has 3 heteroatoms. The molecule has 0 spiro atoms. The Morgan fingerprint density at radius 1 is 0.852 bits per heavy atom. The molecule has 1 saturated carbocycles. The number of halogens is 3. The monoisotopic (exact) mass is 374 g/mol. The van der Waals surface area contributed by atoms with Crippen molar-refractivity contribution in [2.24, 2.45) is 11.8 Å². The van der Waals surface area contributed by atoms with Crippen molar-refractivity contribution in [1.29, 1.82) is 0 Å². The van der Waals surface area contributed by atoms with Crippen molar-refractivity contribution in [1.82, 2.24) is 0 Å². The van der Waals surface area contributed by atoms with E-state index in [2.05, 4.69) is 6.92 Å². The van der Waals surface area contributed by atoms with Gasteiger partial charge in [0.25, 0.3) is 0 Å². The van der Waals surface area contributed by atoms with Gasteiger partial charge >= 0.3 is 0 Å². The summed E-state index contributed by atoms with van der Waals surface area (Å²) in [7, 11) is 0. The number of aryl methyl sites for hydroxylation is 2. The average Bonchev–Trinajstić information content (AvgIpc) is 2.67. The zero-order valence-corrected chi connectivity index (χ0v) is 16.3. The summed E-state index contributed by atoms with van der Waals surface area (Å²) in [5, 5.41) is 0. The highest BCUT2D eigenvalue weighted by molar-refractivity contribution is 5.65. The van der Waals surface area contributed by atoms with Gasteiger partial charge < -0.3 is 0 Å². The fraction of sp³-hybridized carbons (Fsp3) is 0.500. The van der Waals surface area contributed by atoms with Crippen molar-refractivity contribution in [3.8, 4) is 11.1 Å². The minimum atomic E-state index is -0.911. The van der Waals surface area contributed by atoms with Gasteiger partial charge in [-0.15, -0.1) is 0 Å². The SMILES string of the molecule is CCCC1CCC(CCc2ccc(-c3ccc(C)c(F)c3F)cc2F)CC1. The smallest absolute Gasteiger partial charge is 0.166 e. The Morgan fingerprint density at radius 2 is 1.52 bits per heavy atom. The van der Waals surface area contributed by atoms with Gasteiger partial charge in [-0.1, -0.05) is 69.7 Å². The first-order valence-corrected chi connectivity index (χ1v) is 10.2. The molecular weight excluding hydrogens is 345 g/mol. The van der Waals surface area contributed by atoms with E-state index < -0.39 is 11.6 Å².